The third-order valence-corrected chi connectivity index (χ3v) is 5.51. The summed E-state index contributed by atoms with van der Waals surface area (Å²) < 4.78 is 7.97. The molecule has 1 aromatic carbocycles. The minimum atomic E-state index is -0.388. The standard InChI is InChI=1S/C20H21N3O2S/c1-13-16(20(21)24)9-18(23(13)10-14-7-8-14)17-12-26-19(22-17)11-25-15-5-3-2-4-6-15/h2-6,9,12,14H,7-8,10-11H2,1H3,(H2,21,24). The Balaban J connectivity index is 1.58. The van der Waals surface area contributed by atoms with Crippen molar-refractivity contribution in [2.45, 2.75) is 32.9 Å². The van der Waals surface area contributed by atoms with E-state index in [-0.39, 0.29) is 5.91 Å². The van der Waals surface area contributed by atoms with Crippen LogP contribution in [0.2, 0.25) is 0 Å². The summed E-state index contributed by atoms with van der Waals surface area (Å²) in [4.78, 5) is 16.5. The van der Waals surface area contributed by atoms with E-state index in [0.717, 1.165) is 34.4 Å². The van der Waals surface area contributed by atoms with Gasteiger partial charge in [0.25, 0.3) is 5.91 Å². The fourth-order valence-corrected chi connectivity index (χ4v) is 3.76. The van der Waals surface area contributed by atoms with E-state index in [1.165, 1.54) is 12.8 Å². The molecule has 2 N–H and O–H groups in total. The first-order valence-corrected chi connectivity index (χ1v) is 9.62. The summed E-state index contributed by atoms with van der Waals surface area (Å²) in [6, 6.07) is 11.6. The lowest BCUT2D eigenvalue weighted by Crippen LogP contribution is -2.12. The van der Waals surface area contributed by atoms with Crippen LogP contribution >= 0.6 is 11.3 Å². The van der Waals surface area contributed by atoms with Crippen molar-refractivity contribution in [3.63, 3.8) is 0 Å². The molecule has 2 aromatic heterocycles. The Morgan fingerprint density at radius 3 is 2.81 bits per heavy atom. The van der Waals surface area contributed by atoms with Gasteiger partial charge in [0.05, 0.1) is 17.0 Å². The van der Waals surface area contributed by atoms with Crippen molar-refractivity contribution in [3.05, 3.63) is 58.0 Å². The normalized spacial score (nSPS) is 13.7. The van der Waals surface area contributed by atoms with E-state index in [4.69, 9.17) is 15.5 Å². The predicted molar refractivity (Wildman–Crippen MR) is 102 cm³/mol. The highest BCUT2D eigenvalue weighted by atomic mass is 32.1. The number of carbonyl (C=O) groups is 1. The molecule has 0 aliphatic heterocycles. The van der Waals surface area contributed by atoms with Crippen LogP contribution in [0.5, 0.6) is 5.75 Å². The van der Waals surface area contributed by atoms with Gasteiger partial charge in [-0.2, -0.15) is 0 Å². The molecule has 0 radical (unpaired) electrons. The molecule has 6 heteroatoms. The number of benzene rings is 1. The summed E-state index contributed by atoms with van der Waals surface area (Å²) >= 11 is 1.56. The van der Waals surface area contributed by atoms with Gasteiger partial charge in [-0.25, -0.2) is 4.98 Å². The maximum atomic E-state index is 11.8. The number of primary amides is 1. The summed E-state index contributed by atoms with van der Waals surface area (Å²) in [6.45, 7) is 3.30. The van der Waals surface area contributed by atoms with Crippen molar-refractivity contribution >= 4 is 17.2 Å². The zero-order valence-electron chi connectivity index (χ0n) is 14.6. The number of hydrogen-bond acceptors (Lipinski definition) is 4. The van der Waals surface area contributed by atoms with Crippen LogP contribution < -0.4 is 10.5 Å². The molecular weight excluding hydrogens is 346 g/mol. The molecule has 2 heterocycles. The molecule has 4 rings (SSSR count). The van der Waals surface area contributed by atoms with Gasteiger partial charge in [0, 0.05) is 17.6 Å². The van der Waals surface area contributed by atoms with Crippen molar-refractivity contribution in [3.8, 4) is 17.1 Å². The van der Waals surface area contributed by atoms with Crippen molar-refractivity contribution in [1.29, 1.82) is 0 Å². The second-order valence-electron chi connectivity index (χ2n) is 6.68. The molecule has 3 aromatic rings. The lowest BCUT2D eigenvalue weighted by atomic mass is 10.2. The number of hydrogen-bond donors (Lipinski definition) is 1. The highest BCUT2D eigenvalue weighted by Crippen LogP contribution is 2.35. The van der Waals surface area contributed by atoms with Crippen molar-refractivity contribution < 1.29 is 9.53 Å². The number of amides is 1. The molecule has 0 saturated heterocycles. The number of para-hydroxylation sites is 1. The predicted octanol–water partition coefficient (Wildman–Crippen LogP) is 4.01. The van der Waals surface area contributed by atoms with Crippen LogP contribution in [0.1, 0.15) is 33.9 Å². The molecule has 5 nitrogen and oxygen atoms in total. The van der Waals surface area contributed by atoms with Crippen molar-refractivity contribution in [2.75, 3.05) is 0 Å². The Morgan fingerprint density at radius 2 is 2.12 bits per heavy atom. The number of thiazole rings is 1. The summed E-state index contributed by atoms with van der Waals surface area (Å²) in [5.41, 5.74) is 8.89. The lowest BCUT2D eigenvalue weighted by Gasteiger charge is -2.09. The summed E-state index contributed by atoms with van der Waals surface area (Å²) in [6.07, 6.45) is 2.49. The maximum Gasteiger partial charge on any atom is 0.250 e. The molecule has 0 bridgehead atoms. The molecule has 1 fully saturated rings. The first-order chi connectivity index (χ1) is 12.6. The molecular formula is C20H21N3O2S. The Bertz CT molecular complexity index is 926. The van der Waals surface area contributed by atoms with E-state index in [2.05, 4.69) is 4.57 Å². The Kier molecular flexibility index (Phi) is 4.51. The third kappa shape index (κ3) is 3.51. The van der Waals surface area contributed by atoms with Gasteiger partial charge in [0.15, 0.2) is 0 Å². The maximum absolute atomic E-state index is 11.8. The molecule has 1 aliphatic rings. The van der Waals surface area contributed by atoms with Crippen LogP contribution in [0, 0.1) is 12.8 Å². The molecule has 26 heavy (non-hydrogen) atoms. The number of nitrogens with zero attached hydrogens (tertiary/aromatic N) is 2. The van der Waals surface area contributed by atoms with Crippen LogP contribution in [-0.4, -0.2) is 15.5 Å². The lowest BCUT2D eigenvalue weighted by molar-refractivity contribution is 0.0999. The summed E-state index contributed by atoms with van der Waals surface area (Å²) in [5, 5.41) is 2.92. The zero-order valence-corrected chi connectivity index (χ0v) is 15.5. The van der Waals surface area contributed by atoms with Crippen LogP contribution in [0.25, 0.3) is 11.4 Å². The van der Waals surface area contributed by atoms with Crippen LogP contribution in [0.3, 0.4) is 0 Å². The number of aromatic nitrogens is 2. The van der Waals surface area contributed by atoms with E-state index in [1.807, 2.05) is 48.7 Å². The topological polar surface area (TPSA) is 70.1 Å². The largest absolute Gasteiger partial charge is 0.486 e. The molecule has 0 spiro atoms. The Hall–Kier alpha value is -2.60. The van der Waals surface area contributed by atoms with Gasteiger partial charge in [-0.05, 0) is 43.9 Å². The van der Waals surface area contributed by atoms with E-state index in [1.54, 1.807) is 11.3 Å². The minimum Gasteiger partial charge on any atom is -0.486 e. The average Bonchev–Trinajstić information content (AvgIpc) is 3.23. The molecule has 1 amide bonds. The zero-order chi connectivity index (χ0) is 18.1. The summed E-state index contributed by atoms with van der Waals surface area (Å²) in [5.74, 6) is 1.13. The van der Waals surface area contributed by atoms with Crippen molar-refractivity contribution in [2.24, 2.45) is 11.7 Å². The first kappa shape index (κ1) is 16.8. The molecule has 1 saturated carbocycles. The number of rotatable bonds is 7. The van der Waals surface area contributed by atoms with Gasteiger partial charge < -0.3 is 15.0 Å². The second-order valence-corrected chi connectivity index (χ2v) is 7.62. The van der Waals surface area contributed by atoms with Crippen LogP contribution in [-0.2, 0) is 13.2 Å². The number of ether oxygens (including phenoxy) is 1. The van der Waals surface area contributed by atoms with Gasteiger partial charge in [-0.1, -0.05) is 18.2 Å². The van der Waals surface area contributed by atoms with Gasteiger partial charge in [-0.3, -0.25) is 4.79 Å². The highest BCUT2D eigenvalue weighted by Gasteiger charge is 2.26. The van der Waals surface area contributed by atoms with Crippen LogP contribution in [0.15, 0.2) is 41.8 Å². The van der Waals surface area contributed by atoms with Crippen molar-refractivity contribution in [1.82, 2.24) is 9.55 Å². The summed E-state index contributed by atoms with van der Waals surface area (Å²) in [7, 11) is 0. The highest BCUT2D eigenvalue weighted by molar-refractivity contribution is 7.09. The third-order valence-electron chi connectivity index (χ3n) is 4.69. The van der Waals surface area contributed by atoms with E-state index in [0.29, 0.717) is 18.1 Å². The first-order valence-electron chi connectivity index (χ1n) is 8.74. The SMILES string of the molecule is Cc1c(C(N)=O)cc(-c2csc(COc3ccccc3)n2)n1CC1CC1. The fraction of sp³-hybridized carbons (Fsp3) is 0.300. The van der Waals surface area contributed by atoms with E-state index >= 15 is 0 Å². The van der Waals surface area contributed by atoms with Gasteiger partial charge >= 0.3 is 0 Å². The van der Waals surface area contributed by atoms with Gasteiger partial charge in [0.1, 0.15) is 17.4 Å². The average molecular weight is 367 g/mol. The van der Waals surface area contributed by atoms with Crippen LogP contribution in [0.4, 0.5) is 0 Å². The molecule has 134 valence electrons. The smallest absolute Gasteiger partial charge is 0.250 e. The Morgan fingerprint density at radius 1 is 1.35 bits per heavy atom. The van der Waals surface area contributed by atoms with Gasteiger partial charge in [0.2, 0.25) is 0 Å². The molecule has 0 atom stereocenters. The second kappa shape index (κ2) is 6.96. The van der Waals surface area contributed by atoms with Gasteiger partial charge in [-0.15, -0.1) is 11.3 Å². The Labute approximate surface area is 156 Å². The monoisotopic (exact) mass is 367 g/mol. The quantitative estimate of drug-likeness (QED) is 0.686. The fourth-order valence-electron chi connectivity index (χ4n) is 3.06. The molecule has 1 aliphatic carbocycles. The van der Waals surface area contributed by atoms with E-state index < -0.39 is 0 Å². The number of carbonyl (C=O) groups excluding carboxylic acids is 1. The molecule has 0 unspecified atom stereocenters. The number of nitrogens with two attached hydrogens (primary N) is 1. The minimum absolute atomic E-state index is 0.388. The van der Waals surface area contributed by atoms with E-state index in [9.17, 15) is 4.79 Å².